The molecule has 4 rings (SSSR count). The van der Waals surface area contributed by atoms with Crippen molar-refractivity contribution >= 4 is 34.0 Å². The minimum atomic E-state index is 1.09. The monoisotopic (exact) mass is 320 g/mol. The van der Waals surface area contributed by atoms with Crippen LogP contribution in [0.25, 0.3) is 10.9 Å². The quantitative estimate of drug-likeness (QED) is 0.670. The van der Waals surface area contributed by atoms with E-state index in [2.05, 4.69) is 61.4 Å². The second-order valence-electron chi connectivity index (χ2n) is 6.29. The third-order valence-corrected chi connectivity index (χ3v) is 5.65. The Morgan fingerprint density at radius 2 is 1.91 bits per heavy atom. The summed E-state index contributed by atoms with van der Waals surface area (Å²) in [7, 11) is 0. The smallest absolute Gasteiger partial charge is 0.0726 e. The van der Waals surface area contributed by atoms with Crippen molar-refractivity contribution in [2.45, 2.75) is 32.1 Å². The van der Waals surface area contributed by atoms with Crippen molar-refractivity contribution in [3.63, 3.8) is 0 Å². The van der Waals surface area contributed by atoms with Gasteiger partial charge in [0.1, 0.15) is 0 Å². The third kappa shape index (κ3) is 2.49. The first-order valence-electron chi connectivity index (χ1n) is 8.02. The average molecular weight is 320 g/mol. The van der Waals surface area contributed by atoms with E-state index in [0.717, 1.165) is 11.9 Å². The van der Waals surface area contributed by atoms with Gasteiger partial charge in [-0.25, -0.2) is 0 Å². The molecule has 116 valence electrons. The third-order valence-electron chi connectivity index (χ3n) is 4.55. The zero-order valence-electron chi connectivity index (χ0n) is 13.7. The number of pyridine rings is 1. The van der Waals surface area contributed by atoms with E-state index in [1.807, 2.05) is 18.0 Å². The Labute approximate surface area is 141 Å². The van der Waals surface area contributed by atoms with Gasteiger partial charge in [-0.1, -0.05) is 12.1 Å². The number of hydrogen-bond acceptors (Lipinski definition) is 3. The van der Waals surface area contributed by atoms with Crippen LogP contribution in [0.4, 0.5) is 11.4 Å². The van der Waals surface area contributed by atoms with Crippen LogP contribution in [0.1, 0.15) is 22.3 Å². The van der Waals surface area contributed by atoms with Gasteiger partial charge in [0.05, 0.1) is 11.2 Å². The topological polar surface area (TPSA) is 24.9 Å². The highest BCUT2D eigenvalue weighted by atomic mass is 32.2. The Morgan fingerprint density at radius 1 is 1.04 bits per heavy atom. The Bertz CT molecular complexity index is 915. The Morgan fingerprint density at radius 3 is 2.78 bits per heavy atom. The Balaban J connectivity index is 1.94. The second-order valence-corrected chi connectivity index (χ2v) is 7.43. The number of hydrogen-bond donors (Lipinski definition) is 1. The summed E-state index contributed by atoms with van der Waals surface area (Å²) in [5.41, 5.74) is 8.67. The number of aromatic nitrogens is 1. The standard InChI is InChI=1S/C20H20N2S/c1-12-4-5-13(2)17(10-12)22-20-14(3)11-21-16-6-7-18-15(19(16)20)8-9-23-18/h4-7,10-11H,8-9H2,1-3H3,(H,21,22). The molecule has 23 heavy (non-hydrogen) atoms. The predicted octanol–water partition coefficient (Wildman–Crippen LogP) is 5.55. The van der Waals surface area contributed by atoms with Gasteiger partial charge in [-0.2, -0.15) is 0 Å². The van der Waals surface area contributed by atoms with Crippen molar-refractivity contribution in [3.05, 3.63) is 58.8 Å². The average Bonchev–Trinajstić information content (AvgIpc) is 3.02. The lowest BCUT2D eigenvalue weighted by Gasteiger charge is -2.17. The van der Waals surface area contributed by atoms with Crippen LogP contribution in [0.2, 0.25) is 0 Å². The predicted molar refractivity (Wildman–Crippen MR) is 100 cm³/mol. The van der Waals surface area contributed by atoms with Crippen LogP contribution < -0.4 is 5.32 Å². The van der Waals surface area contributed by atoms with Crippen LogP contribution in [0.5, 0.6) is 0 Å². The lowest BCUT2D eigenvalue weighted by molar-refractivity contribution is 1.16. The molecule has 0 bridgehead atoms. The van der Waals surface area contributed by atoms with E-state index in [9.17, 15) is 0 Å². The molecule has 1 aromatic heterocycles. The molecule has 0 saturated heterocycles. The number of anilines is 2. The van der Waals surface area contributed by atoms with Crippen molar-refractivity contribution in [2.24, 2.45) is 0 Å². The molecule has 0 saturated carbocycles. The number of aryl methyl sites for hydroxylation is 4. The normalized spacial score (nSPS) is 13.3. The fraction of sp³-hybridized carbons (Fsp3) is 0.250. The number of nitrogens with one attached hydrogen (secondary N) is 1. The summed E-state index contributed by atoms with van der Waals surface area (Å²) in [6, 6.07) is 10.9. The fourth-order valence-corrected chi connectivity index (χ4v) is 4.31. The molecule has 0 aliphatic carbocycles. The number of benzene rings is 2. The maximum absolute atomic E-state index is 4.65. The molecule has 0 radical (unpaired) electrons. The summed E-state index contributed by atoms with van der Waals surface area (Å²) in [5, 5.41) is 5.00. The van der Waals surface area contributed by atoms with E-state index in [1.165, 1.54) is 49.7 Å². The highest BCUT2D eigenvalue weighted by molar-refractivity contribution is 7.99. The molecule has 1 aliphatic rings. The molecule has 0 spiro atoms. The summed E-state index contributed by atoms with van der Waals surface area (Å²) in [4.78, 5) is 6.06. The minimum Gasteiger partial charge on any atom is -0.354 e. The van der Waals surface area contributed by atoms with E-state index in [0.29, 0.717) is 0 Å². The molecule has 0 atom stereocenters. The molecule has 3 aromatic rings. The van der Waals surface area contributed by atoms with Gasteiger partial charge in [-0.3, -0.25) is 4.98 Å². The van der Waals surface area contributed by atoms with Gasteiger partial charge in [0.25, 0.3) is 0 Å². The zero-order valence-corrected chi connectivity index (χ0v) is 14.6. The molecule has 2 aromatic carbocycles. The molecular weight excluding hydrogens is 300 g/mol. The lowest BCUT2D eigenvalue weighted by Crippen LogP contribution is -2.00. The molecule has 1 aliphatic heterocycles. The number of fused-ring (bicyclic) bond motifs is 3. The van der Waals surface area contributed by atoms with Crippen LogP contribution >= 0.6 is 11.8 Å². The Hall–Kier alpha value is -2.00. The van der Waals surface area contributed by atoms with E-state index >= 15 is 0 Å². The highest BCUT2D eigenvalue weighted by Crippen LogP contribution is 2.40. The van der Waals surface area contributed by atoms with E-state index in [-0.39, 0.29) is 0 Å². The van der Waals surface area contributed by atoms with Gasteiger partial charge >= 0.3 is 0 Å². The first-order valence-corrected chi connectivity index (χ1v) is 9.00. The van der Waals surface area contributed by atoms with Crippen LogP contribution in [0.3, 0.4) is 0 Å². The van der Waals surface area contributed by atoms with Crippen LogP contribution in [-0.2, 0) is 6.42 Å². The van der Waals surface area contributed by atoms with Gasteiger partial charge in [0, 0.05) is 27.9 Å². The van der Waals surface area contributed by atoms with Crippen LogP contribution in [-0.4, -0.2) is 10.7 Å². The molecular formula is C20H20N2S. The maximum atomic E-state index is 4.65. The van der Waals surface area contributed by atoms with Gasteiger partial charge in [0.2, 0.25) is 0 Å². The largest absolute Gasteiger partial charge is 0.354 e. The van der Waals surface area contributed by atoms with Gasteiger partial charge in [0.15, 0.2) is 0 Å². The number of nitrogens with zero attached hydrogens (tertiary/aromatic N) is 1. The van der Waals surface area contributed by atoms with Crippen molar-refractivity contribution < 1.29 is 0 Å². The first-order chi connectivity index (χ1) is 11.1. The van der Waals surface area contributed by atoms with E-state index in [1.54, 1.807) is 0 Å². The summed E-state index contributed by atoms with van der Waals surface area (Å²) in [6.07, 6.45) is 3.11. The highest BCUT2D eigenvalue weighted by Gasteiger charge is 2.19. The van der Waals surface area contributed by atoms with E-state index < -0.39 is 0 Å². The minimum absolute atomic E-state index is 1.09. The van der Waals surface area contributed by atoms with Gasteiger partial charge in [-0.15, -0.1) is 11.8 Å². The van der Waals surface area contributed by atoms with Crippen molar-refractivity contribution in [2.75, 3.05) is 11.1 Å². The maximum Gasteiger partial charge on any atom is 0.0726 e. The molecule has 1 N–H and O–H groups in total. The van der Waals surface area contributed by atoms with Gasteiger partial charge < -0.3 is 5.32 Å². The molecule has 2 heterocycles. The number of thioether (sulfide) groups is 1. The summed E-state index contributed by atoms with van der Waals surface area (Å²) in [6.45, 7) is 6.43. The SMILES string of the molecule is Cc1ccc(C)c(Nc2c(C)cnc3ccc4c(c23)CCS4)c1. The summed E-state index contributed by atoms with van der Waals surface area (Å²) in [5.74, 6) is 1.17. The summed E-state index contributed by atoms with van der Waals surface area (Å²) >= 11 is 1.95. The lowest BCUT2D eigenvalue weighted by atomic mass is 10.0. The van der Waals surface area contributed by atoms with E-state index in [4.69, 9.17) is 0 Å². The summed E-state index contributed by atoms with van der Waals surface area (Å²) < 4.78 is 0. The van der Waals surface area contributed by atoms with Crippen molar-refractivity contribution in [1.29, 1.82) is 0 Å². The van der Waals surface area contributed by atoms with Crippen molar-refractivity contribution in [1.82, 2.24) is 4.98 Å². The van der Waals surface area contributed by atoms with Crippen LogP contribution in [0.15, 0.2) is 41.4 Å². The fourth-order valence-electron chi connectivity index (χ4n) is 3.24. The molecule has 0 unspecified atom stereocenters. The first kappa shape index (κ1) is 14.6. The molecule has 0 amide bonds. The zero-order chi connectivity index (χ0) is 16.0. The molecule has 0 fully saturated rings. The van der Waals surface area contributed by atoms with Gasteiger partial charge in [-0.05, 0) is 67.6 Å². The van der Waals surface area contributed by atoms with Crippen LogP contribution in [0, 0.1) is 20.8 Å². The second kappa shape index (κ2) is 5.57. The molecule has 2 nitrogen and oxygen atoms in total. The Kier molecular flexibility index (Phi) is 3.53. The number of rotatable bonds is 2. The van der Waals surface area contributed by atoms with Crippen molar-refractivity contribution in [3.8, 4) is 0 Å². The molecule has 3 heteroatoms.